The van der Waals surface area contributed by atoms with E-state index in [1.165, 1.54) is 12.5 Å². The number of nitrogens with zero attached hydrogens (tertiary/aromatic N) is 1. The second-order valence-corrected chi connectivity index (χ2v) is 5.91. The van der Waals surface area contributed by atoms with E-state index in [2.05, 4.69) is 5.32 Å². The van der Waals surface area contributed by atoms with Gasteiger partial charge in [-0.2, -0.15) is 0 Å². The number of nitrogens with one attached hydrogen (secondary N) is 1. The molecule has 0 fully saturated rings. The topological polar surface area (TPSA) is 69.6 Å². The molecule has 0 aliphatic carbocycles. The van der Waals surface area contributed by atoms with Crippen molar-refractivity contribution < 1.29 is 14.7 Å². The summed E-state index contributed by atoms with van der Waals surface area (Å²) in [7, 11) is 0. The standard InChI is InChI=1S/C19H20N2O3/c1-13(23)15-6-4-7-16(11-15)20-19(24)21-10-9-14-5-2-3-8-17(14)18(21)12-22/h2-8,11,18,22H,9-10,12H2,1H3,(H,20,24). The van der Waals surface area contributed by atoms with Crippen molar-refractivity contribution in [2.45, 2.75) is 19.4 Å². The molecule has 2 amide bonds. The van der Waals surface area contributed by atoms with Crippen LogP contribution in [0.5, 0.6) is 0 Å². The second-order valence-electron chi connectivity index (χ2n) is 5.91. The molecule has 0 saturated heterocycles. The third-order valence-corrected chi connectivity index (χ3v) is 4.37. The van der Waals surface area contributed by atoms with E-state index >= 15 is 0 Å². The number of urea groups is 1. The van der Waals surface area contributed by atoms with Gasteiger partial charge in [0, 0.05) is 17.8 Å². The maximum absolute atomic E-state index is 12.6. The van der Waals surface area contributed by atoms with Gasteiger partial charge in [0.2, 0.25) is 0 Å². The van der Waals surface area contributed by atoms with E-state index in [0.29, 0.717) is 17.8 Å². The van der Waals surface area contributed by atoms with Gasteiger partial charge in [-0.25, -0.2) is 4.79 Å². The first-order valence-corrected chi connectivity index (χ1v) is 7.97. The van der Waals surface area contributed by atoms with E-state index in [9.17, 15) is 14.7 Å². The van der Waals surface area contributed by atoms with Crippen LogP contribution in [0.15, 0.2) is 48.5 Å². The zero-order valence-corrected chi connectivity index (χ0v) is 13.5. The van der Waals surface area contributed by atoms with Crippen LogP contribution in [0.3, 0.4) is 0 Å². The second kappa shape index (κ2) is 6.84. The van der Waals surface area contributed by atoms with E-state index in [1.807, 2.05) is 24.3 Å². The van der Waals surface area contributed by atoms with Gasteiger partial charge in [-0.1, -0.05) is 36.4 Å². The molecule has 5 heteroatoms. The first-order valence-electron chi connectivity index (χ1n) is 7.97. The van der Waals surface area contributed by atoms with Crippen molar-refractivity contribution in [3.63, 3.8) is 0 Å². The summed E-state index contributed by atoms with van der Waals surface area (Å²) in [5.41, 5.74) is 3.27. The lowest BCUT2D eigenvalue weighted by Crippen LogP contribution is -2.43. The highest BCUT2D eigenvalue weighted by molar-refractivity contribution is 5.96. The van der Waals surface area contributed by atoms with Crippen LogP contribution in [-0.4, -0.2) is 35.0 Å². The molecular formula is C19H20N2O3. The number of ketones is 1. The molecular weight excluding hydrogens is 304 g/mol. The predicted octanol–water partition coefficient (Wildman–Crippen LogP) is 3.01. The number of aliphatic hydroxyl groups is 1. The van der Waals surface area contributed by atoms with Crippen molar-refractivity contribution in [1.29, 1.82) is 0 Å². The summed E-state index contributed by atoms with van der Waals surface area (Å²) in [5.74, 6) is -0.0498. The highest BCUT2D eigenvalue weighted by Crippen LogP contribution is 2.29. The average Bonchev–Trinajstić information content (AvgIpc) is 2.60. The maximum atomic E-state index is 12.6. The number of carbonyl (C=O) groups is 2. The zero-order chi connectivity index (χ0) is 17.1. The zero-order valence-electron chi connectivity index (χ0n) is 13.5. The van der Waals surface area contributed by atoms with Crippen molar-refractivity contribution in [2.75, 3.05) is 18.5 Å². The number of aliphatic hydroxyl groups excluding tert-OH is 1. The van der Waals surface area contributed by atoms with Crippen LogP contribution in [0.4, 0.5) is 10.5 Å². The number of carbonyl (C=O) groups excluding carboxylic acids is 2. The summed E-state index contributed by atoms with van der Waals surface area (Å²) in [6, 6.07) is 14.1. The van der Waals surface area contributed by atoms with Gasteiger partial charge in [-0.15, -0.1) is 0 Å². The lowest BCUT2D eigenvalue weighted by molar-refractivity contribution is 0.101. The number of Topliss-reactive ketones (excluding diaryl/α,β-unsaturated/α-hetero) is 1. The van der Waals surface area contributed by atoms with Crippen LogP contribution in [0.2, 0.25) is 0 Å². The highest BCUT2D eigenvalue weighted by atomic mass is 16.3. The molecule has 2 aromatic carbocycles. The van der Waals surface area contributed by atoms with E-state index in [0.717, 1.165) is 12.0 Å². The van der Waals surface area contributed by atoms with E-state index < -0.39 is 0 Å². The SMILES string of the molecule is CC(=O)c1cccc(NC(=O)N2CCc3ccccc3C2CO)c1. The molecule has 5 nitrogen and oxygen atoms in total. The van der Waals surface area contributed by atoms with Gasteiger partial charge >= 0.3 is 6.03 Å². The summed E-state index contributed by atoms with van der Waals surface area (Å²) in [5, 5.41) is 12.6. The molecule has 0 radical (unpaired) electrons. The van der Waals surface area contributed by atoms with Gasteiger partial charge in [-0.3, -0.25) is 4.79 Å². The fourth-order valence-electron chi connectivity index (χ4n) is 3.10. The van der Waals surface area contributed by atoms with Gasteiger partial charge in [0.1, 0.15) is 0 Å². The quantitative estimate of drug-likeness (QED) is 0.853. The number of hydrogen-bond donors (Lipinski definition) is 2. The van der Waals surface area contributed by atoms with Crippen molar-refractivity contribution in [3.8, 4) is 0 Å². The third kappa shape index (κ3) is 3.16. The minimum atomic E-state index is -0.356. The summed E-state index contributed by atoms with van der Waals surface area (Å²) in [4.78, 5) is 25.8. The first kappa shape index (κ1) is 16.2. The molecule has 0 aromatic heterocycles. The lowest BCUT2D eigenvalue weighted by atomic mass is 9.93. The van der Waals surface area contributed by atoms with Gasteiger partial charge in [0.15, 0.2) is 5.78 Å². The van der Waals surface area contributed by atoms with Crippen LogP contribution < -0.4 is 5.32 Å². The molecule has 1 atom stereocenters. The average molecular weight is 324 g/mol. The molecule has 1 aliphatic rings. The van der Waals surface area contributed by atoms with E-state index in [1.54, 1.807) is 29.2 Å². The lowest BCUT2D eigenvalue weighted by Gasteiger charge is -2.36. The van der Waals surface area contributed by atoms with E-state index in [4.69, 9.17) is 0 Å². The molecule has 2 N–H and O–H groups in total. The highest BCUT2D eigenvalue weighted by Gasteiger charge is 2.30. The smallest absolute Gasteiger partial charge is 0.322 e. The van der Waals surface area contributed by atoms with Gasteiger partial charge < -0.3 is 15.3 Å². The Morgan fingerprint density at radius 1 is 1.21 bits per heavy atom. The minimum Gasteiger partial charge on any atom is -0.394 e. The monoisotopic (exact) mass is 324 g/mol. The Morgan fingerprint density at radius 3 is 2.75 bits per heavy atom. The Labute approximate surface area is 140 Å². The molecule has 0 saturated carbocycles. The Bertz CT molecular complexity index is 773. The van der Waals surface area contributed by atoms with Crippen LogP contribution in [-0.2, 0) is 6.42 Å². The molecule has 2 aromatic rings. The van der Waals surface area contributed by atoms with Crippen molar-refractivity contribution in [1.82, 2.24) is 4.90 Å². The maximum Gasteiger partial charge on any atom is 0.322 e. The fourth-order valence-corrected chi connectivity index (χ4v) is 3.10. The molecule has 0 spiro atoms. The minimum absolute atomic E-state index is 0.0498. The Hall–Kier alpha value is -2.66. The molecule has 24 heavy (non-hydrogen) atoms. The summed E-state index contributed by atoms with van der Waals surface area (Å²) < 4.78 is 0. The Kier molecular flexibility index (Phi) is 4.62. The largest absolute Gasteiger partial charge is 0.394 e. The molecule has 3 rings (SSSR count). The first-order chi connectivity index (χ1) is 11.6. The van der Waals surface area contributed by atoms with Crippen molar-refractivity contribution >= 4 is 17.5 Å². The summed E-state index contributed by atoms with van der Waals surface area (Å²) >= 11 is 0. The molecule has 124 valence electrons. The molecule has 0 bridgehead atoms. The van der Waals surface area contributed by atoms with Crippen LogP contribution in [0, 0.1) is 0 Å². The van der Waals surface area contributed by atoms with Crippen LogP contribution in [0.1, 0.15) is 34.5 Å². The summed E-state index contributed by atoms with van der Waals surface area (Å²) in [6.07, 6.45) is 0.758. The molecule has 1 unspecified atom stereocenters. The van der Waals surface area contributed by atoms with Gasteiger partial charge in [0.05, 0.1) is 12.6 Å². The number of amides is 2. The van der Waals surface area contributed by atoms with Crippen molar-refractivity contribution in [3.05, 3.63) is 65.2 Å². The van der Waals surface area contributed by atoms with Crippen LogP contribution >= 0.6 is 0 Å². The molecule has 1 aliphatic heterocycles. The van der Waals surface area contributed by atoms with Gasteiger partial charge in [0.25, 0.3) is 0 Å². The predicted molar refractivity (Wildman–Crippen MR) is 92.1 cm³/mol. The fraction of sp³-hybridized carbons (Fsp3) is 0.263. The number of benzene rings is 2. The van der Waals surface area contributed by atoms with Crippen molar-refractivity contribution in [2.24, 2.45) is 0 Å². The number of rotatable bonds is 3. The normalized spacial score (nSPS) is 16.4. The number of fused-ring (bicyclic) bond motifs is 1. The third-order valence-electron chi connectivity index (χ3n) is 4.37. The molecule has 1 heterocycles. The summed E-state index contributed by atoms with van der Waals surface area (Å²) in [6.45, 7) is 1.91. The van der Waals surface area contributed by atoms with Gasteiger partial charge in [-0.05, 0) is 36.6 Å². The Morgan fingerprint density at radius 2 is 2.00 bits per heavy atom. The number of anilines is 1. The number of hydrogen-bond acceptors (Lipinski definition) is 3. The Balaban J connectivity index is 1.80. The van der Waals surface area contributed by atoms with Crippen LogP contribution in [0.25, 0.3) is 0 Å². The van der Waals surface area contributed by atoms with E-state index in [-0.39, 0.29) is 24.5 Å².